The zero-order valence-corrected chi connectivity index (χ0v) is 14.7. The molecule has 2 unspecified atom stereocenters. The Labute approximate surface area is 149 Å². The van der Waals surface area contributed by atoms with Gasteiger partial charge in [-0.2, -0.15) is 13.2 Å². The van der Waals surface area contributed by atoms with Crippen LogP contribution >= 0.6 is 0 Å². The second kappa shape index (κ2) is 7.16. The van der Waals surface area contributed by atoms with Crippen molar-refractivity contribution in [3.8, 4) is 0 Å². The number of alkyl halides is 3. The van der Waals surface area contributed by atoms with E-state index in [1.165, 1.54) is 18.2 Å². The highest BCUT2D eigenvalue weighted by molar-refractivity contribution is 7.89. The Balaban J connectivity index is 1.69. The van der Waals surface area contributed by atoms with Crippen LogP contribution in [-0.4, -0.2) is 45.2 Å². The van der Waals surface area contributed by atoms with E-state index in [-0.39, 0.29) is 16.5 Å². The Hall–Kier alpha value is -1.65. The maximum atomic E-state index is 12.6. The molecule has 2 heterocycles. The molecular weight excluding hydrogens is 371 g/mol. The number of halogens is 3. The molecule has 26 heavy (non-hydrogen) atoms. The molecule has 3 N–H and O–H groups in total. The van der Waals surface area contributed by atoms with Crippen molar-refractivity contribution >= 4 is 15.9 Å². The minimum absolute atomic E-state index is 0.136. The summed E-state index contributed by atoms with van der Waals surface area (Å²) >= 11 is 0. The molecule has 10 heteroatoms. The molecule has 2 saturated heterocycles. The lowest BCUT2D eigenvalue weighted by molar-refractivity contribution is -0.123. The van der Waals surface area contributed by atoms with Gasteiger partial charge in [0.15, 0.2) is 0 Å². The van der Waals surface area contributed by atoms with Gasteiger partial charge in [0.05, 0.1) is 4.90 Å². The van der Waals surface area contributed by atoms with Crippen molar-refractivity contribution < 1.29 is 26.4 Å². The number of hydrogen-bond acceptors (Lipinski definition) is 4. The highest BCUT2D eigenvalue weighted by Crippen LogP contribution is 2.27. The summed E-state index contributed by atoms with van der Waals surface area (Å²) in [7, 11) is -3.86. The first kappa shape index (κ1) is 19.1. The molecule has 1 amide bonds. The molecule has 2 atom stereocenters. The number of amides is 1. The van der Waals surface area contributed by atoms with Crippen molar-refractivity contribution in [3.63, 3.8) is 0 Å². The van der Waals surface area contributed by atoms with Crippen molar-refractivity contribution in [1.82, 2.24) is 15.4 Å². The smallest absolute Gasteiger partial charge is 0.343 e. The van der Waals surface area contributed by atoms with Gasteiger partial charge in [-0.15, -0.1) is 0 Å². The van der Waals surface area contributed by atoms with Crippen LogP contribution in [-0.2, 0) is 10.0 Å². The van der Waals surface area contributed by atoms with Crippen LogP contribution in [0.15, 0.2) is 29.2 Å². The van der Waals surface area contributed by atoms with Crippen molar-refractivity contribution in [2.75, 3.05) is 6.54 Å². The molecule has 1 aromatic rings. The standard InChI is InChI=1S/C16H20F3N3O3S/c17-16(18,19)9-20-15(23)10-2-1-3-14(6-10)26(24,25)22-13-7-11-4-5-12(8-13)21-11/h1-3,6,11-13,21-22H,4-5,7-9H2,(H,20,23). The summed E-state index contributed by atoms with van der Waals surface area (Å²) in [5.74, 6) is -0.973. The lowest BCUT2D eigenvalue weighted by Crippen LogP contribution is -2.47. The molecule has 0 saturated carbocycles. The van der Waals surface area contributed by atoms with E-state index in [0.29, 0.717) is 24.9 Å². The van der Waals surface area contributed by atoms with Crippen LogP contribution in [0.5, 0.6) is 0 Å². The normalized spacial score (nSPS) is 25.9. The third-order valence-electron chi connectivity index (χ3n) is 4.65. The Kier molecular flexibility index (Phi) is 5.27. The Morgan fingerprint density at radius 1 is 1.19 bits per heavy atom. The number of rotatable bonds is 5. The molecule has 3 rings (SSSR count). The number of carbonyl (C=O) groups excluding carboxylic acids is 1. The molecule has 2 aliphatic rings. The summed E-state index contributed by atoms with van der Waals surface area (Å²) in [4.78, 5) is 11.7. The monoisotopic (exact) mass is 391 g/mol. The highest BCUT2D eigenvalue weighted by Gasteiger charge is 2.35. The lowest BCUT2D eigenvalue weighted by atomic mass is 10.0. The van der Waals surface area contributed by atoms with Gasteiger partial charge < -0.3 is 10.6 Å². The highest BCUT2D eigenvalue weighted by atomic mass is 32.2. The fourth-order valence-corrected chi connectivity index (χ4v) is 4.84. The number of carbonyl (C=O) groups is 1. The zero-order chi connectivity index (χ0) is 18.9. The molecule has 0 radical (unpaired) electrons. The van der Waals surface area contributed by atoms with Gasteiger partial charge in [-0.3, -0.25) is 4.79 Å². The van der Waals surface area contributed by atoms with Crippen LogP contribution in [0.3, 0.4) is 0 Å². The fourth-order valence-electron chi connectivity index (χ4n) is 3.53. The van der Waals surface area contributed by atoms with E-state index in [0.717, 1.165) is 18.9 Å². The molecular formula is C16H20F3N3O3S. The minimum Gasteiger partial charge on any atom is -0.343 e. The summed E-state index contributed by atoms with van der Waals surface area (Å²) in [6.45, 7) is -1.47. The molecule has 2 aliphatic heterocycles. The van der Waals surface area contributed by atoms with Crippen molar-refractivity contribution in [2.24, 2.45) is 0 Å². The van der Waals surface area contributed by atoms with E-state index in [1.54, 1.807) is 5.32 Å². The summed E-state index contributed by atoms with van der Waals surface area (Å²) in [5, 5.41) is 5.15. The van der Waals surface area contributed by atoms with Gasteiger partial charge in [-0.25, -0.2) is 13.1 Å². The number of fused-ring (bicyclic) bond motifs is 2. The topological polar surface area (TPSA) is 87.3 Å². The van der Waals surface area contributed by atoms with Gasteiger partial charge in [0.1, 0.15) is 6.54 Å². The van der Waals surface area contributed by atoms with Crippen LogP contribution in [0.2, 0.25) is 0 Å². The first-order valence-electron chi connectivity index (χ1n) is 8.36. The molecule has 1 aromatic carbocycles. The van der Waals surface area contributed by atoms with E-state index >= 15 is 0 Å². The van der Waals surface area contributed by atoms with Gasteiger partial charge in [-0.05, 0) is 43.9 Å². The molecule has 2 fully saturated rings. The third-order valence-corrected chi connectivity index (χ3v) is 6.17. The lowest BCUT2D eigenvalue weighted by Gasteiger charge is -2.29. The first-order valence-corrected chi connectivity index (χ1v) is 9.84. The maximum absolute atomic E-state index is 12.6. The van der Waals surface area contributed by atoms with Gasteiger partial charge in [0, 0.05) is 23.7 Å². The first-order chi connectivity index (χ1) is 12.1. The molecule has 0 aromatic heterocycles. The SMILES string of the molecule is O=C(NCC(F)(F)F)c1cccc(S(=O)(=O)NC2CC3CCC(C2)N3)c1. The van der Waals surface area contributed by atoms with Crippen LogP contribution in [0.4, 0.5) is 13.2 Å². The zero-order valence-electron chi connectivity index (χ0n) is 13.8. The van der Waals surface area contributed by atoms with E-state index in [2.05, 4.69) is 10.0 Å². The van der Waals surface area contributed by atoms with Gasteiger partial charge >= 0.3 is 6.18 Å². The van der Waals surface area contributed by atoms with Crippen LogP contribution in [0, 0.1) is 0 Å². The van der Waals surface area contributed by atoms with E-state index in [9.17, 15) is 26.4 Å². The van der Waals surface area contributed by atoms with E-state index < -0.39 is 28.7 Å². The quantitative estimate of drug-likeness (QED) is 0.711. The fraction of sp³-hybridized carbons (Fsp3) is 0.562. The van der Waals surface area contributed by atoms with Gasteiger partial charge in [0.2, 0.25) is 10.0 Å². The molecule has 2 bridgehead atoms. The molecule has 6 nitrogen and oxygen atoms in total. The number of benzene rings is 1. The Morgan fingerprint density at radius 2 is 1.85 bits per heavy atom. The number of nitrogens with one attached hydrogen (secondary N) is 3. The van der Waals surface area contributed by atoms with Crippen LogP contribution < -0.4 is 15.4 Å². The second-order valence-electron chi connectivity index (χ2n) is 6.75. The molecule has 0 aliphatic carbocycles. The predicted octanol–water partition coefficient (Wildman–Crippen LogP) is 1.54. The second-order valence-corrected chi connectivity index (χ2v) is 8.47. The van der Waals surface area contributed by atoms with Crippen molar-refractivity contribution in [3.05, 3.63) is 29.8 Å². The Bertz CT molecular complexity index is 770. The van der Waals surface area contributed by atoms with Gasteiger partial charge in [0.25, 0.3) is 5.91 Å². The summed E-state index contributed by atoms with van der Waals surface area (Å²) in [6, 6.07) is 5.43. The summed E-state index contributed by atoms with van der Waals surface area (Å²) in [6.07, 6.45) is -1.09. The minimum atomic E-state index is -4.53. The van der Waals surface area contributed by atoms with Gasteiger partial charge in [-0.1, -0.05) is 6.07 Å². The predicted molar refractivity (Wildman–Crippen MR) is 88.1 cm³/mol. The van der Waals surface area contributed by atoms with Crippen molar-refractivity contribution in [1.29, 1.82) is 0 Å². The number of sulfonamides is 1. The molecule has 144 valence electrons. The van der Waals surface area contributed by atoms with Crippen LogP contribution in [0.25, 0.3) is 0 Å². The third kappa shape index (κ3) is 4.74. The number of hydrogen-bond donors (Lipinski definition) is 3. The Morgan fingerprint density at radius 3 is 2.46 bits per heavy atom. The van der Waals surface area contributed by atoms with Crippen LogP contribution in [0.1, 0.15) is 36.0 Å². The average Bonchev–Trinajstić information content (AvgIpc) is 2.90. The summed E-state index contributed by atoms with van der Waals surface area (Å²) in [5.41, 5.74) is -0.137. The maximum Gasteiger partial charge on any atom is 0.405 e. The number of piperidine rings is 1. The molecule has 0 spiro atoms. The van der Waals surface area contributed by atoms with Crippen molar-refractivity contribution in [2.45, 2.75) is 54.9 Å². The average molecular weight is 391 g/mol. The van der Waals surface area contributed by atoms with E-state index in [4.69, 9.17) is 0 Å². The largest absolute Gasteiger partial charge is 0.405 e. The summed E-state index contributed by atoms with van der Waals surface area (Å²) < 4.78 is 64.4. The van der Waals surface area contributed by atoms with E-state index in [1.807, 2.05) is 0 Å².